The maximum atomic E-state index is 14.2. The van der Waals surface area contributed by atoms with Crippen LogP contribution in [0.2, 0.25) is 0 Å². The fraction of sp³-hybridized carbons (Fsp3) is 0.250. The molecule has 10 nitrogen and oxygen atoms in total. The zero-order valence-corrected chi connectivity index (χ0v) is 29.4. The minimum absolute atomic E-state index is 0.111. The second-order valence-electron chi connectivity index (χ2n) is 11.1. The van der Waals surface area contributed by atoms with Crippen molar-refractivity contribution >= 4 is 35.1 Å². The smallest absolute Gasteiger partial charge is 0.433 e. The number of rotatable bonds is 11. The molecule has 4 heterocycles. The zero-order chi connectivity index (χ0) is 36.3. The number of methoxy groups -OCH3 is 2. The number of hydrogen-bond acceptors (Lipinski definition) is 11. The molecule has 6 rings (SSSR count). The van der Waals surface area contributed by atoms with Crippen molar-refractivity contribution in [3.05, 3.63) is 115 Å². The Balaban J connectivity index is 1.43. The summed E-state index contributed by atoms with van der Waals surface area (Å²) in [5.41, 5.74) is 0.289. The Morgan fingerprint density at radius 3 is 2.51 bits per heavy atom. The standard InChI is InChI=1S/C36H31F3N4O6S2/c1-5-10-24-30(33(45)48-6-2)31(23-17-21(46-3)13-15-26(23)47-4)43-32(44)27(50-35(43)41-24)18-22-14-16-29(49-22)51-34-40-25(20-11-8-7-9-12-20)19-28(42-34)36(37,38)39/h7-9,11-19,31H,5-6,10H2,1-4H3/b27-18-/t31-/m0/s1. The SMILES string of the molecule is CCCC1=C(C(=O)OCC)[C@H](c2cc(OC)ccc2OC)n2c(s/c(=C\c3ccc(Sc4nc(-c5ccccc5)cc(C(F)(F)F)n4)o3)c2=O)=N1. The number of benzene rings is 2. The first-order chi connectivity index (χ1) is 24.5. The predicted octanol–water partition coefficient (Wildman–Crippen LogP) is 6.82. The lowest BCUT2D eigenvalue weighted by Crippen LogP contribution is -2.40. The van der Waals surface area contributed by atoms with Crippen LogP contribution >= 0.6 is 23.1 Å². The van der Waals surface area contributed by atoms with Gasteiger partial charge in [-0.25, -0.2) is 19.8 Å². The average Bonchev–Trinajstić information content (AvgIpc) is 3.69. The first-order valence-corrected chi connectivity index (χ1v) is 17.4. The fourth-order valence-corrected chi connectivity index (χ4v) is 7.27. The molecule has 0 amide bonds. The van der Waals surface area contributed by atoms with E-state index in [0.29, 0.717) is 46.0 Å². The molecule has 0 spiro atoms. The Kier molecular flexibility index (Phi) is 10.5. The topological polar surface area (TPSA) is 118 Å². The molecule has 0 radical (unpaired) electrons. The first-order valence-electron chi connectivity index (χ1n) is 15.8. The van der Waals surface area contributed by atoms with Crippen LogP contribution in [0.15, 0.2) is 102 Å². The quantitative estimate of drug-likeness (QED) is 0.106. The average molecular weight is 737 g/mol. The summed E-state index contributed by atoms with van der Waals surface area (Å²) < 4.78 is 65.5. The Hall–Kier alpha value is -5.15. The third-order valence-electron chi connectivity index (χ3n) is 7.76. The Labute approximate surface area is 298 Å². The molecule has 2 aromatic carbocycles. The van der Waals surface area contributed by atoms with Gasteiger partial charge in [-0.1, -0.05) is 55.0 Å². The van der Waals surface area contributed by atoms with Crippen LogP contribution in [0.5, 0.6) is 11.5 Å². The van der Waals surface area contributed by atoms with Crippen molar-refractivity contribution in [3.8, 4) is 22.8 Å². The van der Waals surface area contributed by atoms with E-state index in [4.69, 9.17) is 23.6 Å². The van der Waals surface area contributed by atoms with Crippen molar-refractivity contribution in [3.63, 3.8) is 0 Å². The zero-order valence-electron chi connectivity index (χ0n) is 27.8. The van der Waals surface area contributed by atoms with E-state index >= 15 is 0 Å². The molecule has 0 saturated carbocycles. The monoisotopic (exact) mass is 736 g/mol. The van der Waals surface area contributed by atoms with Crippen LogP contribution in [0.3, 0.4) is 0 Å². The summed E-state index contributed by atoms with van der Waals surface area (Å²) in [6.07, 6.45) is -2.05. The molecule has 0 bridgehead atoms. The summed E-state index contributed by atoms with van der Waals surface area (Å²) >= 11 is 1.92. The van der Waals surface area contributed by atoms with Gasteiger partial charge >= 0.3 is 12.1 Å². The van der Waals surface area contributed by atoms with E-state index in [-0.39, 0.29) is 38.4 Å². The van der Waals surface area contributed by atoms with Gasteiger partial charge in [0.1, 0.15) is 29.0 Å². The molecule has 5 aromatic rings. The van der Waals surface area contributed by atoms with Crippen molar-refractivity contribution in [2.24, 2.45) is 4.99 Å². The number of fused-ring (bicyclic) bond motifs is 1. The van der Waals surface area contributed by atoms with E-state index in [0.717, 1.165) is 29.2 Å². The highest BCUT2D eigenvalue weighted by Gasteiger charge is 2.37. The lowest BCUT2D eigenvalue weighted by atomic mass is 9.93. The van der Waals surface area contributed by atoms with Crippen LogP contribution in [0, 0.1) is 0 Å². The van der Waals surface area contributed by atoms with Gasteiger partial charge in [0.2, 0.25) is 0 Å². The number of alkyl halides is 3. The molecule has 0 aliphatic carbocycles. The number of furan rings is 1. The van der Waals surface area contributed by atoms with Gasteiger partial charge in [0.15, 0.2) is 15.1 Å². The molecule has 51 heavy (non-hydrogen) atoms. The van der Waals surface area contributed by atoms with Gasteiger partial charge < -0.3 is 18.6 Å². The molecule has 1 aliphatic rings. The Morgan fingerprint density at radius 1 is 1.04 bits per heavy atom. The summed E-state index contributed by atoms with van der Waals surface area (Å²) in [6, 6.07) is 16.7. The number of ether oxygens (including phenoxy) is 3. The second kappa shape index (κ2) is 15.0. The lowest BCUT2D eigenvalue weighted by Gasteiger charge is -2.27. The number of carbonyl (C=O) groups excluding carboxylic acids is 1. The van der Waals surface area contributed by atoms with Gasteiger partial charge in [0, 0.05) is 17.2 Å². The van der Waals surface area contributed by atoms with Gasteiger partial charge in [0.25, 0.3) is 5.56 Å². The molecule has 0 N–H and O–H groups in total. The summed E-state index contributed by atoms with van der Waals surface area (Å²) in [6.45, 7) is 3.78. The van der Waals surface area contributed by atoms with E-state index < -0.39 is 29.4 Å². The molecule has 0 fully saturated rings. The van der Waals surface area contributed by atoms with Crippen molar-refractivity contribution in [1.82, 2.24) is 14.5 Å². The van der Waals surface area contributed by atoms with Crippen LogP contribution in [0.1, 0.15) is 49.7 Å². The summed E-state index contributed by atoms with van der Waals surface area (Å²) in [4.78, 5) is 40.9. The van der Waals surface area contributed by atoms with Crippen LogP contribution in [0.25, 0.3) is 17.3 Å². The van der Waals surface area contributed by atoms with Crippen LogP contribution in [-0.2, 0) is 15.7 Å². The van der Waals surface area contributed by atoms with Crippen molar-refractivity contribution < 1.29 is 36.6 Å². The van der Waals surface area contributed by atoms with Gasteiger partial charge in [-0.15, -0.1) is 0 Å². The number of aromatic nitrogens is 3. The minimum atomic E-state index is -4.69. The van der Waals surface area contributed by atoms with Crippen molar-refractivity contribution in [2.45, 2.75) is 49.2 Å². The highest BCUT2D eigenvalue weighted by atomic mass is 32.2. The van der Waals surface area contributed by atoms with Crippen molar-refractivity contribution in [1.29, 1.82) is 0 Å². The van der Waals surface area contributed by atoms with E-state index in [2.05, 4.69) is 9.97 Å². The molecule has 264 valence electrons. The number of halogens is 3. The summed E-state index contributed by atoms with van der Waals surface area (Å²) in [7, 11) is 3.01. The normalized spacial score (nSPS) is 14.6. The highest BCUT2D eigenvalue weighted by Crippen LogP contribution is 2.39. The molecule has 15 heteroatoms. The lowest BCUT2D eigenvalue weighted by molar-refractivity contribution is -0.141. The molecule has 3 aromatic heterocycles. The van der Waals surface area contributed by atoms with E-state index in [1.165, 1.54) is 24.9 Å². The molecule has 0 saturated heterocycles. The van der Waals surface area contributed by atoms with Crippen LogP contribution in [-0.4, -0.2) is 41.3 Å². The van der Waals surface area contributed by atoms with E-state index in [9.17, 15) is 22.8 Å². The fourth-order valence-electron chi connectivity index (χ4n) is 5.53. The minimum Gasteiger partial charge on any atom is -0.497 e. The maximum absolute atomic E-state index is 14.2. The number of carbonyl (C=O) groups is 1. The Morgan fingerprint density at radius 2 is 1.82 bits per heavy atom. The third-order valence-corrected chi connectivity index (χ3v) is 9.53. The van der Waals surface area contributed by atoms with Crippen molar-refractivity contribution in [2.75, 3.05) is 20.8 Å². The predicted molar refractivity (Wildman–Crippen MR) is 184 cm³/mol. The summed E-state index contributed by atoms with van der Waals surface area (Å²) in [5, 5.41) is 0.0484. The van der Waals surface area contributed by atoms with E-state index in [1.54, 1.807) is 67.6 Å². The van der Waals surface area contributed by atoms with Gasteiger partial charge in [0.05, 0.1) is 42.3 Å². The summed E-state index contributed by atoms with van der Waals surface area (Å²) in [5.74, 6) is 0.571. The number of esters is 1. The Bertz CT molecular complexity index is 2300. The van der Waals surface area contributed by atoms with Crippen LogP contribution < -0.4 is 24.4 Å². The largest absolute Gasteiger partial charge is 0.497 e. The first kappa shape index (κ1) is 35.7. The molecule has 1 aliphatic heterocycles. The van der Waals surface area contributed by atoms with Gasteiger partial charge in [-0.05, 0) is 61.5 Å². The van der Waals surface area contributed by atoms with Gasteiger partial charge in [-0.2, -0.15) is 13.2 Å². The maximum Gasteiger partial charge on any atom is 0.433 e. The molecular weight excluding hydrogens is 706 g/mol. The highest BCUT2D eigenvalue weighted by molar-refractivity contribution is 7.99. The third kappa shape index (κ3) is 7.49. The number of nitrogens with zero attached hydrogens (tertiary/aromatic N) is 4. The molecule has 0 unspecified atom stereocenters. The molecular formula is C36H31F3N4O6S2. The number of allylic oxidation sites excluding steroid dienone is 1. The van der Waals surface area contributed by atoms with Crippen LogP contribution in [0.4, 0.5) is 13.2 Å². The number of thiazole rings is 1. The van der Waals surface area contributed by atoms with E-state index in [1.807, 2.05) is 6.92 Å². The number of hydrogen-bond donors (Lipinski definition) is 0. The second-order valence-corrected chi connectivity index (χ2v) is 13.0. The molecule has 1 atom stereocenters. The van der Waals surface area contributed by atoms with Gasteiger partial charge in [-0.3, -0.25) is 9.36 Å².